The Labute approximate surface area is 97.5 Å². The summed E-state index contributed by atoms with van der Waals surface area (Å²) in [5, 5.41) is 3.53. The highest BCUT2D eigenvalue weighted by Gasteiger charge is 2.39. The van der Waals surface area contributed by atoms with Crippen LogP contribution in [-0.4, -0.2) is 18.1 Å². The molecular weight excluding hydrogens is 198 g/mol. The van der Waals surface area contributed by atoms with Gasteiger partial charge >= 0.3 is 0 Å². The lowest BCUT2D eigenvalue weighted by Crippen LogP contribution is -2.25. The molecular formula is C13H21N3. The number of nitrogen functional groups attached to an aromatic ring is 1. The lowest BCUT2D eigenvalue weighted by atomic mass is 10.0. The monoisotopic (exact) mass is 219 g/mol. The number of aromatic nitrogens is 1. The van der Waals surface area contributed by atoms with Gasteiger partial charge in [-0.2, -0.15) is 0 Å². The van der Waals surface area contributed by atoms with Crippen molar-refractivity contribution in [2.24, 2.45) is 5.41 Å². The van der Waals surface area contributed by atoms with Crippen LogP contribution in [0.2, 0.25) is 0 Å². The minimum atomic E-state index is 0.633. The van der Waals surface area contributed by atoms with E-state index in [-0.39, 0.29) is 0 Å². The quantitative estimate of drug-likeness (QED) is 0.719. The maximum atomic E-state index is 5.59. The van der Waals surface area contributed by atoms with Crippen molar-refractivity contribution in [3.63, 3.8) is 0 Å². The van der Waals surface area contributed by atoms with E-state index in [9.17, 15) is 0 Å². The van der Waals surface area contributed by atoms with Crippen LogP contribution in [-0.2, 0) is 6.42 Å². The molecule has 0 atom stereocenters. The minimum absolute atomic E-state index is 0.633. The number of pyridine rings is 1. The van der Waals surface area contributed by atoms with Gasteiger partial charge in [-0.3, -0.25) is 4.98 Å². The van der Waals surface area contributed by atoms with E-state index in [0.717, 1.165) is 24.3 Å². The summed E-state index contributed by atoms with van der Waals surface area (Å²) in [6, 6.07) is 3.92. The molecule has 3 N–H and O–H groups in total. The lowest BCUT2D eigenvalue weighted by Gasteiger charge is -2.12. The van der Waals surface area contributed by atoms with E-state index in [1.54, 1.807) is 6.20 Å². The van der Waals surface area contributed by atoms with E-state index in [4.69, 9.17) is 5.73 Å². The fraction of sp³-hybridized carbons (Fsp3) is 0.615. The summed E-state index contributed by atoms with van der Waals surface area (Å²) in [6.45, 7) is 4.47. The van der Waals surface area contributed by atoms with Crippen molar-refractivity contribution in [1.29, 1.82) is 0 Å². The molecule has 0 saturated heterocycles. The van der Waals surface area contributed by atoms with Gasteiger partial charge in [0.25, 0.3) is 0 Å². The van der Waals surface area contributed by atoms with Gasteiger partial charge in [0.15, 0.2) is 0 Å². The van der Waals surface area contributed by atoms with Gasteiger partial charge in [-0.15, -0.1) is 0 Å². The van der Waals surface area contributed by atoms with Crippen molar-refractivity contribution < 1.29 is 0 Å². The molecule has 16 heavy (non-hydrogen) atoms. The van der Waals surface area contributed by atoms with Crippen LogP contribution in [0.4, 0.5) is 5.69 Å². The zero-order valence-electron chi connectivity index (χ0n) is 10.00. The normalized spacial score (nSPS) is 17.3. The van der Waals surface area contributed by atoms with Gasteiger partial charge in [-0.25, -0.2) is 0 Å². The zero-order valence-corrected chi connectivity index (χ0v) is 10.00. The molecule has 0 amide bonds. The minimum Gasteiger partial charge on any atom is -0.397 e. The molecule has 88 valence electrons. The second-order valence-electron chi connectivity index (χ2n) is 4.86. The highest BCUT2D eigenvalue weighted by Crippen LogP contribution is 2.47. The number of rotatable bonds is 6. The number of hydrogen-bond donors (Lipinski definition) is 2. The molecule has 0 aromatic carbocycles. The van der Waals surface area contributed by atoms with E-state index in [0.29, 0.717) is 5.41 Å². The van der Waals surface area contributed by atoms with Crippen LogP contribution >= 0.6 is 0 Å². The summed E-state index contributed by atoms with van der Waals surface area (Å²) in [5.41, 5.74) is 8.07. The highest BCUT2D eigenvalue weighted by atomic mass is 14.9. The van der Waals surface area contributed by atoms with Gasteiger partial charge in [0.2, 0.25) is 0 Å². The molecule has 3 nitrogen and oxygen atoms in total. The number of anilines is 1. The van der Waals surface area contributed by atoms with Gasteiger partial charge in [0, 0.05) is 25.2 Å². The average Bonchev–Trinajstić information content (AvgIpc) is 3.08. The van der Waals surface area contributed by atoms with Gasteiger partial charge in [0.05, 0.1) is 11.9 Å². The Balaban J connectivity index is 1.66. The maximum Gasteiger partial charge on any atom is 0.0501 e. The number of nitrogens with two attached hydrogens (primary N) is 1. The first kappa shape index (κ1) is 11.4. The van der Waals surface area contributed by atoms with Crippen molar-refractivity contribution >= 4 is 5.69 Å². The summed E-state index contributed by atoms with van der Waals surface area (Å²) in [4.78, 5) is 4.28. The molecule has 0 unspecified atom stereocenters. The van der Waals surface area contributed by atoms with Crippen molar-refractivity contribution in [2.45, 2.75) is 32.6 Å². The number of hydrogen-bond acceptors (Lipinski definition) is 3. The molecule has 1 saturated carbocycles. The van der Waals surface area contributed by atoms with Crippen molar-refractivity contribution in [3.8, 4) is 0 Å². The van der Waals surface area contributed by atoms with Crippen molar-refractivity contribution in [2.75, 3.05) is 18.8 Å². The van der Waals surface area contributed by atoms with Crippen LogP contribution in [0.25, 0.3) is 0 Å². The van der Waals surface area contributed by atoms with E-state index in [1.165, 1.54) is 25.8 Å². The van der Waals surface area contributed by atoms with Crippen molar-refractivity contribution in [3.05, 3.63) is 24.0 Å². The predicted octanol–water partition coefficient (Wildman–Crippen LogP) is 1.99. The third-order valence-corrected chi connectivity index (χ3v) is 3.61. The molecule has 0 spiro atoms. The highest BCUT2D eigenvalue weighted by molar-refractivity contribution is 5.34. The molecule has 0 bridgehead atoms. The van der Waals surface area contributed by atoms with E-state index in [1.807, 2.05) is 12.1 Å². The summed E-state index contributed by atoms with van der Waals surface area (Å²) < 4.78 is 0. The number of nitrogens with zero attached hydrogens (tertiary/aromatic N) is 1. The maximum absolute atomic E-state index is 5.59. The third-order valence-electron chi connectivity index (χ3n) is 3.61. The van der Waals surface area contributed by atoms with Crippen LogP contribution in [0.5, 0.6) is 0 Å². The van der Waals surface area contributed by atoms with E-state index >= 15 is 0 Å². The fourth-order valence-electron chi connectivity index (χ4n) is 1.99. The first-order valence-corrected chi connectivity index (χ1v) is 6.15. The second-order valence-corrected chi connectivity index (χ2v) is 4.86. The van der Waals surface area contributed by atoms with Gasteiger partial charge in [-0.1, -0.05) is 6.92 Å². The fourth-order valence-corrected chi connectivity index (χ4v) is 1.99. The third kappa shape index (κ3) is 2.95. The zero-order chi connectivity index (χ0) is 11.4. The van der Waals surface area contributed by atoms with Gasteiger partial charge < -0.3 is 11.1 Å². The molecule has 1 aromatic heterocycles. The Morgan fingerprint density at radius 2 is 2.25 bits per heavy atom. The van der Waals surface area contributed by atoms with Crippen LogP contribution in [0.15, 0.2) is 18.3 Å². The summed E-state index contributed by atoms with van der Waals surface area (Å²) in [7, 11) is 0. The molecule has 1 aromatic rings. The van der Waals surface area contributed by atoms with Crippen LogP contribution in [0.1, 0.15) is 31.9 Å². The first-order chi connectivity index (χ1) is 7.74. The second kappa shape index (κ2) is 4.83. The Hall–Kier alpha value is -1.09. The Morgan fingerprint density at radius 1 is 1.44 bits per heavy atom. The lowest BCUT2D eigenvalue weighted by molar-refractivity contribution is 0.445. The van der Waals surface area contributed by atoms with Crippen LogP contribution in [0, 0.1) is 5.41 Å². The summed E-state index contributed by atoms with van der Waals surface area (Å²) >= 11 is 0. The van der Waals surface area contributed by atoms with Crippen LogP contribution in [0.3, 0.4) is 0 Å². The molecule has 0 radical (unpaired) electrons. The van der Waals surface area contributed by atoms with E-state index in [2.05, 4.69) is 17.2 Å². The standard InChI is InChI=1S/C13H21N3/c1-2-13(6-7-13)10-15-8-5-12-4-3-11(14)9-16-12/h3-4,9,15H,2,5-8,10,14H2,1H3. The first-order valence-electron chi connectivity index (χ1n) is 6.15. The van der Waals surface area contributed by atoms with Crippen molar-refractivity contribution in [1.82, 2.24) is 10.3 Å². The van der Waals surface area contributed by atoms with Crippen LogP contribution < -0.4 is 11.1 Å². The largest absolute Gasteiger partial charge is 0.397 e. The molecule has 1 aliphatic carbocycles. The molecule has 1 fully saturated rings. The van der Waals surface area contributed by atoms with E-state index < -0.39 is 0 Å². The summed E-state index contributed by atoms with van der Waals surface area (Å²) in [6.07, 6.45) is 6.82. The topological polar surface area (TPSA) is 50.9 Å². The SMILES string of the molecule is CCC1(CNCCc2ccc(N)cn2)CC1. The number of nitrogens with one attached hydrogen (secondary N) is 1. The smallest absolute Gasteiger partial charge is 0.0501 e. The molecule has 2 rings (SSSR count). The Morgan fingerprint density at radius 3 is 2.81 bits per heavy atom. The molecule has 0 aliphatic heterocycles. The van der Waals surface area contributed by atoms with Gasteiger partial charge in [0.1, 0.15) is 0 Å². The molecule has 1 aliphatic rings. The Kier molecular flexibility index (Phi) is 3.44. The Bertz CT molecular complexity index is 328. The summed E-state index contributed by atoms with van der Waals surface area (Å²) in [5.74, 6) is 0. The average molecular weight is 219 g/mol. The predicted molar refractivity (Wildman–Crippen MR) is 67.2 cm³/mol. The van der Waals surface area contributed by atoms with Gasteiger partial charge in [-0.05, 0) is 36.8 Å². The molecule has 3 heteroatoms. The molecule has 1 heterocycles.